The maximum atomic E-state index is 13.5. The molecule has 2 aromatic carbocycles. The molecular weight excluding hydrogens is 511 g/mol. The lowest BCUT2D eigenvalue weighted by atomic mass is 9.93. The van der Waals surface area contributed by atoms with Crippen LogP contribution in [0, 0.1) is 8.99 Å². The first-order valence-corrected chi connectivity index (χ1v) is 13.0. The van der Waals surface area contributed by atoms with Gasteiger partial charge in [0.25, 0.3) is 5.91 Å². The van der Waals surface area contributed by atoms with Gasteiger partial charge in [-0.2, -0.15) is 0 Å². The van der Waals surface area contributed by atoms with E-state index in [1.807, 2.05) is 24.3 Å². The van der Waals surface area contributed by atoms with Gasteiger partial charge < -0.3 is 14.8 Å². The molecule has 1 aliphatic carbocycles. The third-order valence-corrected chi connectivity index (χ3v) is 8.39. The maximum Gasteiger partial charge on any atom is 0.257 e. The summed E-state index contributed by atoms with van der Waals surface area (Å²) in [5.41, 5.74) is 5.31. The van der Waals surface area contributed by atoms with Gasteiger partial charge in [0.1, 0.15) is 11.3 Å². The lowest BCUT2D eigenvalue weighted by Crippen LogP contribution is -2.35. The van der Waals surface area contributed by atoms with Gasteiger partial charge in [-0.15, -0.1) is 0 Å². The van der Waals surface area contributed by atoms with E-state index < -0.39 is 0 Å². The highest BCUT2D eigenvalue weighted by atomic mass is 127. The van der Waals surface area contributed by atoms with Gasteiger partial charge in [-0.1, -0.05) is 12.5 Å². The summed E-state index contributed by atoms with van der Waals surface area (Å²) in [6.45, 7) is 3.11. The zero-order valence-electron chi connectivity index (χ0n) is 18.4. The number of carbonyl (C=O) groups is 1. The van der Waals surface area contributed by atoms with E-state index in [4.69, 9.17) is 4.98 Å². The lowest BCUT2D eigenvalue weighted by Gasteiger charge is -2.35. The third kappa shape index (κ3) is 3.70. The number of aryl methyl sites for hydroxylation is 2. The van der Waals surface area contributed by atoms with Crippen LogP contribution in [0.3, 0.4) is 0 Å². The summed E-state index contributed by atoms with van der Waals surface area (Å²) in [7, 11) is 0. The van der Waals surface area contributed by atoms with Gasteiger partial charge in [0.2, 0.25) is 0 Å². The first-order chi connectivity index (χ1) is 15.6. The van der Waals surface area contributed by atoms with E-state index in [0.29, 0.717) is 5.41 Å². The number of halogens is 1. The van der Waals surface area contributed by atoms with Crippen molar-refractivity contribution < 1.29 is 4.79 Å². The Balaban J connectivity index is 1.30. The topological polar surface area (TPSA) is 50.2 Å². The van der Waals surface area contributed by atoms with Crippen molar-refractivity contribution in [2.75, 3.05) is 23.3 Å². The number of anilines is 2. The van der Waals surface area contributed by atoms with Crippen LogP contribution in [0.25, 0.3) is 11.0 Å². The number of nitrogens with one attached hydrogen (secondary N) is 1. The minimum Gasteiger partial charge on any atom is -0.371 e. The number of aromatic nitrogens is 2. The van der Waals surface area contributed by atoms with E-state index in [9.17, 15) is 4.79 Å². The predicted molar refractivity (Wildman–Crippen MR) is 138 cm³/mol. The lowest BCUT2D eigenvalue weighted by molar-refractivity contribution is 0.102. The molecule has 0 bridgehead atoms. The molecule has 1 spiro atoms. The zero-order valence-corrected chi connectivity index (χ0v) is 20.5. The highest BCUT2D eigenvalue weighted by Gasteiger charge is 2.44. The summed E-state index contributed by atoms with van der Waals surface area (Å²) < 4.78 is 3.51. The van der Waals surface area contributed by atoms with Crippen LogP contribution in [0.4, 0.5) is 11.4 Å². The fourth-order valence-corrected chi connectivity index (χ4v) is 5.99. The molecule has 5 nitrogen and oxygen atoms in total. The first-order valence-electron chi connectivity index (χ1n) is 12.0. The van der Waals surface area contributed by atoms with E-state index >= 15 is 0 Å². The fraction of sp³-hybridized carbons (Fsp3) is 0.462. The molecule has 0 radical (unpaired) electrons. The number of amides is 1. The average Bonchev–Trinajstić information content (AvgIpc) is 3.52. The molecule has 2 fully saturated rings. The number of piperidine rings is 1. The Kier molecular flexibility index (Phi) is 5.16. The second kappa shape index (κ2) is 8.04. The molecule has 0 unspecified atom stereocenters. The highest BCUT2D eigenvalue weighted by Crippen LogP contribution is 2.54. The second-order valence-corrected chi connectivity index (χ2v) is 11.0. The summed E-state index contributed by atoms with van der Waals surface area (Å²) in [5, 5.41) is 3.21. The van der Waals surface area contributed by atoms with Crippen LogP contribution in [0.2, 0.25) is 0 Å². The summed E-state index contributed by atoms with van der Waals surface area (Å²) in [4.78, 5) is 20.9. The summed E-state index contributed by atoms with van der Waals surface area (Å²) in [6, 6.07) is 12.3. The quantitative estimate of drug-likeness (QED) is 0.415. The van der Waals surface area contributed by atoms with Gasteiger partial charge in [0.15, 0.2) is 0 Å². The number of imidazole rings is 1. The smallest absolute Gasteiger partial charge is 0.257 e. The average molecular weight is 540 g/mol. The number of fused-ring (bicyclic) bond motifs is 3. The van der Waals surface area contributed by atoms with E-state index in [1.54, 1.807) is 0 Å². The standard InChI is InChI=1S/C26H29IN4O/c27-18-8-9-19(22(17-18)30-15-12-26(10-11-26)13-16-30)25(32)28-20-5-4-6-21-24(20)29-23-7-2-1-3-14-31(21)23/h4-6,8-9,17H,1-3,7,10-16H2,(H,28,32). The van der Waals surface area contributed by atoms with Crippen LogP contribution < -0.4 is 10.2 Å². The van der Waals surface area contributed by atoms with Crippen LogP contribution in [0.15, 0.2) is 36.4 Å². The van der Waals surface area contributed by atoms with Crippen molar-refractivity contribution in [3.8, 4) is 0 Å². The van der Waals surface area contributed by atoms with Crippen LogP contribution >= 0.6 is 22.6 Å². The van der Waals surface area contributed by atoms with Crippen LogP contribution in [0.5, 0.6) is 0 Å². The molecule has 6 rings (SSSR count). The zero-order chi connectivity index (χ0) is 21.7. The van der Waals surface area contributed by atoms with E-state index in [-0.39, 0.29) is 5.91 Å². The van der Waals surface area contributed by atoms with Gasteiger partial charge in [0.05, 0.1) is 22.5 Å². The van der Waals surface area contributed by atoms with Gasteiger partial charge >= 0.3 is 0 Å². The van der Waals surface area contributed by atoms with Crippen molar-refractivity contribution in [3.63, 3.8) is 0 Å². The van der Waals surface area contributed by atoms with Crippen molar-refractivity contribution in [2.45, 2.75) is 57.9 Å². The Hall–Kier alpha value is -2.09. The van der Waals surface area contributed by atoms with Crippen molar-refractivity contribution in [1.82, 2.24) is 9.55 Å². The summed E-state index contributed by atoms with van der Waals surface area (Å²) in [5.74, 6) is 1.11. The Morgan fingerprint density at radius 3 is 2.66 bits per heavy atom. The SMILES string of the molecule is O=C(Nc1cccc2c1nc1n2CCCCC1)c1ccc(I)cc1N1CCC2(CC1)CC2. The number of para-hydroxylation sites is 1. The van der Waals surface area contributed by atoms with Crippen LogP contribution in [0.1, 0.15) is 61.1 Å². The van der Waals surface area contributed by atoms with Crippen molar-refractivity contribution >= 4 is 50.9 Å². The molecule has 1 aromatic heterocycles. The molecule has 166 valence electrons. The number of nitrogens with zero attached hydrogens (tertiary/aromatic N) is 3. The van der Waals surface area contributed by atoms with Gasteiger partial charge in [-0.05, 0) is 96.9 Å². The molecule has 6 heteroatoms. The third-order valence-electron chi connectivity index (χ3n) is 7.71. The minimum absolute atomic E-state index is 0.0428. The van der Waals surface area contributed by atoms with E-state index in [1.165, 1.54) is 48.5 Å². The molecule has 32 heavy (non-hydrogen) atoms. The van der Waals surface area contributed by atoms with Gasteiger partial charge in [-0.3, -0.25) is 4.79 Å². The molecule has 3 aliphatic rings. The largest absolute Gasteiger partial charge is 0.371 e. The van der Waals surface area contributed by atoms with Gasteiger partial charge in [-0.25, -0.2) is 4.98 Å². The Morgan fingerprint density at radius 1 is 1.00 bits per heavy atom. The number of rotatable bonds is 3. The van der Waals surface area contributed by atoms with Crippen molar-refractivity contribution in [2.24, 2.45) is 5.41 Å². The Morgan fingerprint density at radius 2 is 1.84 bits per heavy atom. The molecule has 2 aliphatic heterocycles. The van der Waals surface area contributed by atoms with E-state index in [0.717, 1.165) is 59.9 Å². The second-order valence-electron chi connectivity index (χ2n) is 9.77. The molecule has 1 saturated carbocycles. The van der Waals surface area contributed by atoms with E-state index in [2.05, 4.69) is 49.5 Å². The van der Waals surface area contributed by atoms with Crippen molar-refractivity contribution in [1.29, 1.82) is 0 Å². The van der Waals surface area contributed by atoms with Crippen molar-refractivity contribution in [3.05, 3.63) is 51.4 Å². The number of hydrogen-bond donors (Lipinski definition) is 1. The van der Waals surface area contributed by atoms with Gasteiger partial charge in [0, 0.05) is 29.6 Å². The minimum atomic E-state index is -0.0428. The monoisotopic (exact) mass is 540 g/mol. The highest BCUT2D eigenvalue weighted by molar-refractivity contribution is 14.1. The first kappa shape index (κ1) is 20.5. The molecule has 1 saturated heterocycles. The fourth-order valence-electron chi connectivity index (χ4n) is 5.51. The number of benzene rings is 2. The summed E-state index contributed by atoms with van der Waals surface area (Å²) >= 11 is 2.35. The summed E-state index contributed by atoms with van der Waals surface area (Å²) in [6.07, 6.45) is 9.93. The Labute approximate surface area is 202 Å². The number of hydrogen-bond acceptors (Lipinski definition) is 3. The Bertz CT molecular complexity index is 1190. The molecule has 0 atom stereocenters. The van der Waals surface area contributed by atoms with Crippen LogP contribution in [-0.4, -0.2) is 28.5 Å². The molecule has 1 amide bonds. The molecular formula is C26H29IN4O. The number of carbonyl (C=O) groups excluding carboxylic acids is 1. The normalized spacial score (nSPS) is 19.6. The van der Waals surface area contributed by atoms with Crippen LogP contribution in [-0.2, 0) is 13.0 Å². The predicted octanol–water partition coefficient (Wildman–Crippen LogP) is 6.00. The molecule has 3 aromatic rings. The molecule has 1 N–H and O–H groups in total. The molecule has 3 heterocycles. The maximum absolute atomic E-state index is 13.5.